The molecule has 1 aliphatic rings. The molecule has 0 amide bonds. The summed E-state index contributed by atoms with van der Waals surface area (Å²) in [5.74, 6) is 0. The predicted octanol–water partition coefficient (Wildman–Crippen LogP) is 0.346. The molecule has 2 atom stereocenters. The van der Waals surface area contributed by atoms with Gasteiger partial charge in [0, 0.05) is 18.6 Å². The van der Waals surface area contributed by atoms with Crippen molar-refractivity contribution in [3.63, 3.8) is 0 Å². The third kappa shape index (κ3) is 1.95. The van der Waals surface area contributed by atoms with E-state index >= 15 is 0 Å². The zero-order valence-corrected chi connectivity index (χ0v) is 6.28. The summed E-state index contributed by atoms with van der Waals surface area (Å²) in [5, 5.41) is 6.68. The van der Waals surface area contributed by atoms with Gasteiger partial charge in [0.15, 0.2) is 0 Å². The Hall–Kier alpha value is -0.0800. The van der Waals surface area contributed by atoms with E-state index in [4.69, 9.17) is 0 Å². The monoisotopic (exact) mass is 128 g/mol. The third-order valence-electron chi connectivity index (χ3n) is 2.07. The van der Waals surface area contributed by atoms with Crippen molar-refractivity contribution in [2.75, 3.05) is 13.6 Å². The van der Waals surface area contributed by atoms with E-state index in [9.17, 15) is 0 Å². The highest BCUT2D eigenvalue weighted by Gasteiger charge is 2.14. The quantitative estimate of drug-likeness (QED) is 0.532. The van der Waals surface area contributed by atoms with Crippen LogP contribution in [0.3, 0.4) is 0 Å². The number of hydrogen-bond acceptors (Lipinski definition) is 2. The lowest BCUT2D eigenvalue weighted by molar-refractivity contribution is 0.353. The van der Waals surface area contributed by atoms with Crippen LogP contribution in [0.5, 0.6) is 0 Å². The smallest absolute Gasteiger partial charge is 0.0190 e. The van der Waals surface area contributed by atoms with Crippen molar-refractivity contribution in [3.05, 3.63) is 0 Å². The van der Waals surface area contributed by atoms with Crippen molar-refractivity contribution in [1.82, 2.24) is 10.6 Å². The summed E-state index contributed by atoms with van der Waals surface area (Å²) in [7, 11) is 2.03. The van der Waals surface area contributed by atoms with Crippen LogP contribution in [0.4, 0.5) is 0 Å². The molecule has 0 spiro atoms. The maximum absolute atomic E-state index is 3.42. The molecule has 0 unspecified atom stereocenters. The van der Waals surface area contributed by atoms with Crippen LogP contribution in [-0.2, 0) is 0 Å². The van der Waals surface area contributed by atoms with E-state index in [1.54, 1.807) is 0 Å². The lowest BCUT2D eigenvalue weighted by Crippen LogP contribution is -2.45. The van der Waals surface area contributed by atoms with Crippen LogP contribution in [0.1, 0.15) is 19.8 Å². The first-order chi connectivity index (χ1) is 4.33. The van der Waals surface area contributed by atoms with Crippen LogP contribution in [-0.4, -0.2) is 25.7 Å². The van der Waals surface area contributed by atoms with E-state index in [0.29, 0.717) is 6.04 Å². The minimum Gasteiger partial charge on any atom is -0.316 e. The third-order valence-corrected chi connectivity index (χ3v) is 2.07. The molecule has 0 radical (unpaired) electrons. The van der Waals surface area contributed by atoms with Crippen molar-refractivity contribution >= 4 is 0 Å². The summed E-state index contributed by atoms with van der Waals surface area (Å²) in [6, 6.07) is 1.44. The molecule has 0 aromatic carbocycles. The summed E-state index contributed by atoms with van der Waals surface area (Å²) in [4.78, 5) is 0. The largest absolute Gasteiger partial charge is 0.316 e. The molecule has 9 heavy (non-hydrogen) atoms. The number of rotatable bonds is 1. The number of hydrogen-bond donors (Lipinski definition) is 2. The van der Waals surface area contributed by atoms with Crippen LogP contribution in [0.2, 0.25) is 0 Å². The van der Waals surface area contributed by atoms with Gasteiger partial charge in [-0.15, -0.1) is 0 Å². The Balaban J connectivity index is 2.18. The van der Waals surface area contributed by atoms with Gasteiger partial charge in [-0.3, -0.25) is 0 Å². The minimum absolute atomic E-state index is 0.709. The molecule has 0 saturated carbocycles. The molecule has 0 aliphatic carbocycles. The van der Waals surface area contributed by atoms with Gasteiger partial charge in [0.1, 0.15) is 0 Å². The molecule has 1 heterocycles. The zero-order chi connectivity index (χ0) is 6.69. The molecule has 2 heteroatoms. The number of piperidine rings is 1. The molecule has 1 fully saturated rings. The lowest BCUT2D eigenvalue weighted by Gasteiger charge is -2.26. The van der Waals surface area contributed by atoms with Gasteiger partial charge in [0.25, 0.3) is 0 Å². The molecular formula is C7H16N2. The fourth-order valence-corrected chi connectivity index (χ4v) is 1.25. The summed E-state index contributed by atoms with van der Waals surface area (Å²) >= 11 is 0. The van der Waals surface area contributed by atoms with Gasteiger partial charge >= 0.3 is 0 Å². The van der Waals surface area contributed by atoms with Gasteiger partial charge in [0.05, 0.1) is 0 Å². The first-order valence-electron chi connectivity index (χ1n) is 3.73. The van der Waals surface area contributed by atoms with Gasteiger partial charge in [0.2, 0.25) is 0 Å². The highest BCUT2D eigenvalue weighted by Crippen LogP contribution is 2.05. The minimum atomic E-state index is 0.709. The topological polar surface area (TPSA) is 24.1 Å². The second-order valence-electron chi connectivity index (χ2n) is 2.87. The second-order valence-corrected chi connectivity index (χ2v) is 2.87. The second kappa shape index (κ2) is 3.18. The lowest BCUT2D eigenvalue weighted by atomic mass is 10.0. The van der Waals surface area contributed by atoms with Crippen molar-refractivity contribution in [3.8, 4) is 0 Å². The number of nitrogens with one attached hydrogen (secondary N) is 2. The first kappa shape index (κ1) is 7.03. The Bertz CT molecular complexity index is 75.0. The van der Waals surface area contributed by atoms with E-state index in [1.165, 1.54) is 12.8 Å². The van der Waals surface area contributed by atoms with Gasteiger partial charge < -0.3 is 10.6 Å². The molecule has 0 bridgehead atoms. The van der Waals surface area contributed by atoms with E-state index in [1.807, 2.05) is 7.05 Å². The highest BCUT2D eigenvalue weighted by atomic mass is 15.0. The van der Waals surface area contributed by atoms with Crippen molar-refractivity contribution in [2.45, 2.75) is 31.8 Å². The van der Waals surface area contributed by atoms with Gasteiger partial charge in [-0.2, -0.15) is 0 Å². The van der Waals surface area contributed by atoms with E-state index < -0.39 is 0 Å². The maximum Gasteiger partial charge on any atom is 0.0190 e. The van der Waals surface area contributed by atoms with E-state index in [-0.39, 0.29) is 0 Å². The molecule has 1 saturated heterocycles. The highest BCUT2D eigenvalue weighted by molar-refractivity contribution is 4.77. The summed E-state index contributed by atoms with van der Waals surface area (Å²) in [5.41, 5.74) is 0. The van der Waals surface area contributed by atoms with Crippen molar-refractivity contribution < 1.29 is 0 Å². The Morgan fingerprint density at radius 1 is 1.44 bits per heavy atom. The van der Waals surface area contributed by atoms with Crippen molar-refractivity contribution in [1.29, 1.82) is 0 Å². The fourth-order valence-electron chi connectivity index (χ4n) is 1.25. The Morgan fingerprint density at radius 3 is 2.67 bits per heavy atom. The maximum atomic E-state index is 3.42. The summed E-state index contributed by atoms with van der Waals surface area (Å²) < 4.78 is 0. The molecule has 0 aromatic rings. The van der Waals surface area contributed by atoms with Crippen LogP contribution in [0.25, 0.3) is 0 Å². The first-order valence-corrected chi connectivity index (χ1v) is 3.73. The standard InChI is InChI=1S/C7H16N2/c1-6-3-4-7(8-2)5-9-6/h6-9H,3-5H2,1-2H3/t6-,7-/m1/s1. The van der Waals surface area contributed by atoms with Crippen LogP contribution >= 0.6 is 0 Å². The van der Waals surface area contributed by atoms with Crippen LogP contribution in [0.15, 0.2) is 0 Å². The summed E-state index contributed by atoms with van der Waals surface area (Å²) in [6.45, 7) is 3.38. The zero-order valence-electron chi connectivity index (χ0n) is 6.28. The molecule has 2 N–H and O–H groups in total. The fraction of sp³-hybridized carbons (Fsp3) is 1.00. The normalized spacial score (nSPS) is 36.7. The molecule has 54 valence electrons. The Labute approximate surface area is 57.0 Å². The SMILES string of the molecule is CN[C@@H]1CC[C@@H](C)NC1. The summed E-state index contributed by atoms with van der Waals surface area (Å²) in [6.07, 6.45) is 2.64. The molecule has 1 aliphatic heterocycles. The van der Waals surface area contributed by atoms with Crippen LogP contribution < -0.4 is 10.6 Å². The van der Waals surface area contributed by atoms with Crippen LogP contribution in [0, 0.1) is 0 Å². The molecular weight excluding hydrogens is 112 g/mol. The average molecular weight is 128 g/mol. The van der Waals surface area contributed by atoms with Crippen molar-refractivity contribution in [2.24, 2.45) is 0 Å². The van der Waals surface area contributed by atoms with Gasteiger partial charge in [-0.25, -0.2) is 0 Å². The number of likely N-dealkylation sites (N-methyl/N-ethyl adjacent to an activating group) is 1. The molecule has 2 nitrogen and oxygen atoms in total. The van der Waals surface area contributed by atoms with E-state index in [0.717, 1.165) is 12.6 Å². The molecule has 1 rings (SSSR count). The van der Waals surface area contributed by atoms with Gasteiger partial charge in [-0.1, -0.05) is 0 Å². The van der Waals surface area contributed by atoms with E-state index in [2.05, 4.69) is 17.6 Å². The molecule has 0 aromatic heterocycles. The Morgan fingerprint density at radius 2 is 2.22 bits per heavy atom. The predicted molar refractivity (Wildman–Crippen MR) is 39.5 cm³/mol. The average Bonchev–Trinajstić information content (AvgIpc) is 1.90. The Kier molecular flexibility index (Phi) is 2.49. The van der Waals surface area contributed by atoms with Gasteiger partial charge in [-0.05, 0) is 26.8 Å².